The van der Waals surface area contributed by atoms with E-state index in [2.05, 4.69) is 31.4 Å². The molecule has 0 saturated heterocycles. The molecule has 32 heavy (non-hydrogen) atoms. The lowest BCUT2D eigenvalue weighted by atomic mass is 10.1. The van der Waals surface area contributed by atoms with E-state index in [1.54, 1.807) is 0 Å². The van der Waals surface area contributed by atoms with Crippen LogP contribution in [-0.4, -0.2) is 25.5 Å². The topological polar surface area (TPSA) is 64.7 Å². The Morgan fingerprint density at radius 2 is 1.53 bits per heavy atom. The van der Waals surface area contributed by atoms with Gasteiger partial charge < -0.3 is 5.32 Å². The van der Waals surface area contributed by atoms with E-state index in [4.69, 9.17) is 11.6 Å². The predicted octanol–water partition coefficient (Wildman–Crippen LogP) is 5.77. The van der Waals surface area contributed by atoms with Gasteiger partial charge in [0, 0.05) is 22.3 Å². The molecule has 0 aliphatic heterocycles. The molecule has 8 heteroatoms. The summed E-state index contributed by atoms with van der Waals surface area (Å²) >= 11 is 9.51. The van der Waals surface area contributed by atoms with Crippen molar-refractivity contribution in [3.05, 3.63) is 97.9 Å². The Kier molecular flexibility index (Phi) is 6.48. The maximum atomic E-state index is 12.7. The molecule has 0 saturated carbocycles. The first-order valence-electron chi connectivity index (χ1n) is 10.2. The molecule has 0 aliphatic carbocycles. The van der Waals surface area contributed by atoms with Gasteiger partial charge in [0.05, 0.1) is 29.0 Å². The Morgan fingerprint density at radius 1 is 0.938 bits per heavy atom. The van der Waals surface area contributed by atoms with Crippen molar-refractivity contribution in [1.82, 2.24) is 19.6 Å². The molecule has 164 valence electrons. The van der Waals surface area contributed by atoms with Crippen LogP contribution in [0.4, 0.5) is 5.82 Å². The van der Waals surface area contributed by atoms with Crippen LogP contribution in [0.5, 0.6) is 0 Å². The molecule has 1 amide bonds. The van der Waals surface area contributed by atoms with Crippen LogP contribution in [0.2, 0.25) is 5.02 Å². The molecule has 0 unspecified atom stereocenters. The van der Waals surface area contributed by atoms with Crippen molar-refractivity contribution in [2.45, 2.75) is 33.9 Å². The number of benzene rings is 2. The van der Waals surface area contributed by atoms with Crippen LogP contribution < -0.4 is 5.32 Å². The fraction of sp³-hybridized carbons (Fsp3) is 0.208. The second kappa shape index (κ2) is 9.30. The van der Waals surface area contributed by atoms with Gasteiger partial charge in [-0.25, -0.2) is 0 Å². The molecule has 2 heterocycles. The Bertz CT molecular complexity index is 1260. The average Bonchev–Trinajstić information content (AvgIpc) is 3.23. The first-order valence-corrected chi connectivity index (χ1v) is 11.4. The van der Waals surface area contributed by atoms with Crippen molar-refractivity contribution in [3.63, 3.8) is 0 Å². The quantitative estimate of drug-likeness (QED) is 0.357. The summed E-state index contributed by atoms with van der Waals surface area (Å²) in [4.78, 5) is 12.7. The van der Waals surface area contributed by atoms with Crippen molar-refractivity contribution in [1.29, 1.82) is 0 Å². The van der Waals surface area contributed by atoms with Gasteiger partial charge in [-0.3, -0.25) is 14.2 Å². The minimum atomic E-state index is -0.193. The third-order valence-corrected chi connectivity index (χ3v) is 6.71. The lowest BCUT2D eigenvalue weighted by Crippen LogP contribution is -2.13. The number of anilines is 1. The van der Waals surface area contributed by atoms with E-state index in [-0.39, 0.29) is 5.91 Å². The van der Waals surface area contributed by atoms with Crippen molar-refractivity contribution < 1.29 is 4.79 Å². The molecule has 0 bridgehead atoms. The van der Waals surface area contributed by atoms with E-state index < -0.39 is 0 Å². The van der Waals surface area contributed by atoms with Crippen LogP contribution in [0.15, 0.2) is 59.1 Å². The average molecular weight is 513 g/mol. The minimum absolute atomic E-state index is 0.193. The molecule has 2 aromatic heterocycles. The van der Waals surface area contributed by atoms with Gasteiger partial charge in [-0.15, -0.1) is 0 Å². The van der Waals surface area contributed by atoms with Crippen LogP contribution >= 0.6 is 27.5 Å². The Balaban J connectivity index is 1.41. The Morgan fingerprint density at radius 3 is 2.12 bits per heavy atom. The van der Waals surface area contributed by atoms with Gasteiger partial charge in [0.1, 0.15) is 0 Å². The fourth-order valence-electron chi connectivity index (χ4n) is 3.45. The lowest BCUT2D eigenvalue weighted by molar-refractivity contribution is 0.102. The molecule has 4 aromatic rings. The number of halogens is 2. The summed E-state index contributed by atoms with van der Waals surface area (Å²) in [5.74, 6) is 0.333. The summed E-state index contributed by atoms with van der Waals surface area (Å²) in [6.45, 7) is 7.22. The van der Waals surface area contributed by atoms with Crippen molar-refractivity contribution in [2.24, 2.45) is 0 Å². The Hall–Kier alpha value is -2.90. The van der Waals surface area contributed by atoms with Gasteiger partial charge in [-0.1, -0.05) is 35.9 Å². The van der Waals surface area contributed by atoms with Crippen molar-refractivity contribution in [2.75, 3.05) is 5.32 Å². The number of amides is 1. The molecule has 0 spiro atoms. The first-order chi connectivity index (χ1) is 15.3. The summed E-state index contributed by atoms with van der Waals surface area (Å²) in [5, 5.41) is 12.6. The number of carbonyl (C=O) groups is 1. The summed E-state index contributed by atoms with van der Waals surface area (Å²) in [7, 11) is 0. The summed E-state index contributed by atoms with van der Waals surface area (Å²) in [6, 6.07) is 17.1. The largest absolute Gasteiger partial charge is 0.305 e. The second-order valence-corrected chi connectivity index (χ2v) is 8.98. The number of rotatable bonds is 6. The first kappa shape index (κ1) is 22.3. The Labute approximate surface area is 200 Å². The second-order valence-electron chi connectivity index (χ2n) is 7.75. The van der Waals surface area contributed by atoms with E-state index in [1.165, 1.54) is 0 Å². The smallest absolute Gasteiger partial charge is 0.256 e. The molecular weight excluding hydrogens is 490 g/mol. The van der Waals surface area contributed by atoms with Crippen LogP contribution in [0.1, 0.15) is 38.6 Å². The summed E-state index contributed by atoms with van der Waals surface area (Å²) in [6.07, 6.45) is 0. The normalized spacial score (nSPS) is 11.0. The van der Waals surface area contributed by atoms with E-state index in [0.29, 0.717) is 29.5 Å². The standard InChI is InChI=1S/C24H23BrClN5O/c1-15-12-22(29-30(15)13-19-6-10-21(26)11-7-19)27-24(32)20-8-4-18(5-9-20)14-31-17(3)23(25)16(2)28-31/h4-12H,13-14H2,1-3H3,(H,27,29,32). The fourth-order valence-corrected chi connectivity index (χ4v) is 3.86. The zero-order chi connectivity index (χ0) is 22.8. The highest BCUT2D eigenvalue weighted by Crippen LogP contribution is 2.21. The SMILES string of the molecule is Cc1nn(Cc2ccc(C(=O)Nc3cc(C)n(Cc4ccc(Cl)cc4)n3)cc2)c(C)c1Br. The van der Waals surface area contributed by atoms with Gasteiger partial charge in [-0.2, -0.15) is 10.2 Å². The molecular formula is C24H23BrClN5O. The van der Waals surface area contributed by atoms with Crippen LogP contribution in [0.25, 0.3) is 0 Å². The summed E-state index contributed by atoms with van der Waals surface area (Å²) in [5.41, 5.74) is 5.74. The van der Waals surface area contributed by atoms with Crippen LogP contribution in [0.3, 0.4) is 0 Å². The maximum absolute atomic E-state index is 12.7. The van der Waals surface area contributed by atoms with E-state index in [1.807, 2.05) is 84.7 Å². The third-order valence-electron chi connectivity index (χ3n) is 5.31. The number of hydrogen-bond donors (Lipinski definition) is 1. The predicted molar refractivity (Wildman–Crippen MR) is 130 cm³/mol. The molecule has 6 nitrogen and oxygen atoms in total. The van der Waals surface area contributed by atoms with Crippen molar-refractivity contribution in [3.8, 4) is 0 Å². The van der Waals surface area contributed by atoms with Gasteiger partial charge >= 0.3 is 0 Å². The number of carbonyl (C=O) groups excluding carboxylic acids is 1. The molecule has 0 fully saturated rings. The highest BCUT2D eigenvalue weighted by Gasteiger charge is 2.12. The maximum Gasteiger partial charge on any atom is 0.256 e. The number of aromatic nitrogens is 4. The van der Waals surface area contributed by atoms with Gasteiger partial charge in [0.2, 0.25) is 0 Å². The molecule has 1 N–H and O–H groups in total. The number of nitrogens with one attached hydrogen (secondary N) is 1. The zero-order valence-electron chi connectivity index (χ0n) is 18.1. The van der Waals surface area contributed by atoms with Crippen LogP contribution in [0, 0.1) is 20.8 Å². The molecule has 0 atom stereocenters. The third kappa shape index (κ3) is 4.95. The van der Waals surface area contributed by atoms with Gasteiger partial charge in [-0.05, 0) is 72.1 Å². The number of aryl methyl sites for hydroxylation is 2. The van der Waals surface area contributed by atoms with E-state index in [0.717, 1.165) is 32.7 Å². The van der Waals surface area contributed by atoms with E-state index in [9.17, 15) is 4.79 Å². The molecule has 4 rings (SSSR count). The monoisotopic (exact) mass is 511 g/mol. The lowest BCUT2D eigenvalue weighted by Gasteiger charge is -2.07. The highest BCUT2D eigenvalue weighted by molar-refractivity contribution is 9.10. The number of nitrogens with zero attached hydrogens (tertiary/aromatic N) is 4. The molecule has 2 aromatic carbocycles. The molecule has 0 radical (unpaired) electrons. The number of hydrogen-bond acceptors (Lipinski definition) is 3. The van der Waals surface area contributed by atoms with Crippen molar-refractivity contribution >= 4 is 39.3 Å². The summed E-state index contributed by atoms with van der Waals surface area (Å²) < 4.78 is 4.83. The molecule has 0 aliphatic rings. The van der Waals surface area contributed by atoms with Gasteiger partial charge in [0.25, 0.3) is 5.91 Å². The minimum Gasteiger partial charge on any atom is -0.305 e. The zero-order valence-corrected chi connectivity index (χ0v) is 20.4. The van der Waals surface area contributed by atoms with Crippen LogP contribution in [-0.2, 0) is 13.1 Å². The van der Waals surface area contributed by atoms with E-state index >= 15 is 0 Å². The highest BCUT2D eigenvalue weighted by atomic mass is 79.9. The van der Waals surface area contributed by atoms with Gasteiger partial charge in [0.15, 0.2) is 5.82 Å².